The van der Waals surface area contributed by atoms with Crippen molar-refractivity contribution in [1.82, 2.24) is 10.6 Å². The number of hydrogen-bond acceptors (Lipinski definition) is 1. The normalized spacial score (nSPS) is 30.7. The number of nitrogens with one attached hydrogen (secondary N) is 2. The Morgan fingerprint density at radius 2 is 2.06 bits per heavy atom. The molecule has 0 aromatic heterocycles. The van der Waals surface area contributed by atoms with Gasteiger partial charge in [0.15, 0.2) is 5.11 Å². The number of hydrogen-bond donors (Lipinski definition) is 2. The molecule has 0 radical (unpaired) electrons. The molecular weight excluding hydrogens is 228 g/mol. The van der Waals surface area contributed by atoms with E-state index in [1.54, 1.807) is 0 Å². The Balaban J connectivity index is 2.48. The van der Waals surface area contributed by atoms with Crippen LogP contribution < -0.4 is 10.6 Å². The first-order chi connectivity index (χ1) is 8.08. The van der Waals surface area contributed by atoms with Crippen molar-refractivity contribution in [2.75, 3.05) is 0 Å². The van der Waals surface area contributed by atoms with Gasteiger partial charge in [-0.25, -0.2) is 0 Å². The summed E-state index contributed by atoms with van der Waals surface area (Å²) in [5.41, 5.74) is 0. The van der Waals surface area contributed by atoms with Crippen molar-refractivity contribution in [1.29, 1.82) is 0 Å². The van der Waals surface area contributed by atoms with Gasteiger partial charge in [0.05, 0.1) is 0 Å². The Hall–Kier alpha value is -0.310. The second-order valence-corrected chi connectivity index (χ2v) is 5.94. The predicted octanol–water partition coefficient (Wildman–Crippen LogP) is 3.46. The second-order valence-electron chi connectivity index (χ2n) is 5.53. The lowest BCUT2D eigenvalue weighted by molar-refractivity contribution is 0.210. The van der Waals surface area contributed by atoms with Crippen molar-refractivity contribution in [3.63, 3.8) is 0 Å². The summed E-state index contributed by atoms with van der Waals surface area (Å²) in [6.45, 7) is 9.00. The number of thiocarbonyl (C=S) groups is 1. The maximum atomic E-state index is 5.41. The highest BCUT2D eigenvalue weighted by molar-refractivity contribution is 7.80. The van der Waals surface area contributed by atoms with Crippen LogP contribution in [-0.2, 0) is 0 Å². The van der Waals surface area contributed by atoms with Crippen molar-refractivity contribution in [2.45, 2.75) is 71.9 Å². The molecule has 2 nitrogen and oxygen atoms in total. The van der Waals surface area contributed by atoms with Crippen LogP contribution in [0.5, 0.6) is 0 Å². The summed E-state index contributed by atoms with van der Waals surface area (Å²) in [4.78, 5) is 0. The van der Waals surface area contributed by atoms with Crippen LogP contribution in [0.1, 0.15) is 59.8 Å². The zero-order valence-corrected chi connectivity index (χ0v) is 12.6. The molecule has 1 saturated carbocycles. The van der Waals surface area contributed by atoms with E-state index in [2.05, 4.69) is 38.3 Å². The predicted molar refractivity (Wildman–Crippen MR) is 79.2 cm³/mol. The van der Waals surface area contributed by atoms with Gasteiger partial charge in [-0.3, -0.25) is 0 Å². The molecule has 0 amide bonds. The van der Waals surface area contributed by atoms with Gasteiger partial charge < -0.3 is 10.6 Å². The summed E-state index contributed by atoms with van der Waals surface area (Å²) < 4.78 is 0. The van der Waals surface area contributed by atoms with E-state index in [0.717, 1.165) is 23.4 Å². The molecule has 0 bridgehead atoms. The van der Waals surface area contributed by atoms with E-state index in [9.17, 15) is 0 Å². The molecule has 1 rings (SSSR count). The molecule has 4 atom stereocenters. The minimum Gasteiger partial charge on any atom is -0.360 e. The van der Waals surface area contributed by atoms with E-state index in [1.165, 1.54) is 25.7 Å². The molecule has 1 fully saturated rings. The largest absolute Gasteiger partial charge is 0.360 e. The van der Waals surface area contributed by atoms with Crippen LogP contribution in [0.25, 0.3) is 0 Å². The first-order valence-corrected chi connectivity index (χ1v) is 7.56. The monoisotopic (exact) mass is 256 g/mol. The highest BCUT2D eigenvalue weighted by Crippen LogP contribution is 2.31. The van der Waals surface area contributed by atoms with Gasteiger partial charge in [0, 0.05) is 12.1 Å². The van der Waals surface area contributed by atoms with Crippen molar-refractivity contribution >= 4 is 17.3 Å². The van der Waals surface area contributed by atoms with Gasteiger partial charge in [0.1, 0.15) is 0 Å². The molecular formula is C14H28N2S. The van der Waals surface area contributed by atoms with Crippen LogP contribution in [0.15, 0.2) is 0 Å². The Labute approximate surface area is 112 Å². The van der Waals surface area contributed by atoms with Gasteiger partial charge in [0.25, 0.3) is 0 Å². The first kappa shape index (κ1) is 14.7. The third-order valence-corrected chi connectivity index (χ3v) is 4.40. The van der Waals surface area contributed by atoms with Gasteiger partial charge in [0.2, 0.25) is 0 Å². The SMILES string of the molecule is CCC(C)NC(=S)NC1C(C)CCCC1CC. The van der Waals surface area contributed by atoms with E-state index < -0.39 is 0 Å². The minimum atomic E-state index is 0.467. The Morgan fingerprint density at radius 3 is 2.65 bits per heavy atom. The third-order valence-electron chi connectivity index (χ3n) is 4.17. The third kappa shape index (κ3) is 4.46. The fourth-order valence-corrected chi connectivity index (χ4v) is 3.10. The fraction of sp³-hybridized carbons (Fsp3) is 0.929. The summed E-state index contributed by atoms with van der Waals surface area (Å²) in [7, 11) is 0. The van der Waals surface area contributed by atoms with E-state index in [0.29, 0.717) is 12.1 Å². The molecule has 100 valence electrons. The molecule has 17 heavy (non-hydrogen) atoms. The van der Waals surface area contributed by atoms with E-state index in [-0.39, 0.29) is 0 Å². The zero-order chi connectivity index (χ0) is 12.8. The van der Waals surface area contributed by atoms with Crippen molar-refractivity contribution in [2.24, 2.45) is 11.8 Å². The van der Waals surface area contributed by atoms with Gasteiger partial charge >= 0.3 is 0 Å². The van der Waals surface area contributed by atoms with Crippen molar-refractivity contribution < 1.29 is 0 Å². The highest BCUT2D eigenvalue weighted by atomic mass is 32.1. The molecule has 0 heterocycles. The lowest BCUT2D eigenvalue weighted by Gasteiger charge is -2.37. The molecule has 1 aliphatic carbocycles. The quantitative estimate of drug-likeness (QED) is 0.753. The Morgan fingerprint density at radius 1 is 1.35 bits per heavy atom. The highest BCUT2D eigenvalue weighted by Gasteiger charge is 2.29. The van der Waals surface area contributed by atoms with Gasteiger partial charge in [-0.2, -0.15) is 0 Å². The van der Waals surface area contributed by atoms with Crippen LogP contribution >= 0.6 is 12.2 Å². The lowest BCUT2D eigenvalue weighted by atomic mass is 9.76. The summed E-state index contributed by atoms with van der Waals surface area (Å²) in [6, 6.07) is 1.03. The molecule has 3 heteroatoms. The Kier molecular flexibility index (Phi) is 6.24. The molecule has 0 spiro atoms. The lowest BCUT2D eigenvalue weighted by Crippen LogP contribution is -2.51. The fourth-order valence-electron chi connectivity index (χ4n) is 2.76. The first-order valence-electron chi connectivity index (χ1n) is 7.15. The van der Waals surface area contributed by atoms with Gasteiger partial charge in [-0.05, 0) is 50.2 Å². The maximum Gasteiger partial charge on any atom is 0.166 e. The van der Waals surface area contributed by atoms with Gasteiger partial charge in [-0.1, -0.05) is 33.6 Å². The molecule has 0 saturated heterocycles. The zero-order valence-electron chi connectivity index (χ0n) is 11.8. The smallest absolute Gasteiger partial charge is 0.166 e. The molecule has 0 aromatic carbocycles. The molecule has 1 aliphatic rings. The minimum absolute atomic E-state index is 0.467. The summed E-state index contributed by atoms with van der Waals surface area (Å²) in [6.07, 6.45) is 6.43. The van der Waals surface area contributed by atoms with Crippen molar-refractivity contribution in [3.05, 3.63) is 0 Å². The summed E-state index contributed by atoms with van der Waals surface area (Å²) >= 11 is 5.41. The van der Waals surface area contributed by atoms with Gasteiger partial charge in [-0.15, -0.1) is 0 Å². The summed E-state index contributed by atoms with van der Waals surface area (Å²) in [5.74, 6) is 1.53. The Bertz CT molecular complexity index is 242. The van der Waals surface area contributed by atoms with E-state index in [1.807, 2.05) is 0 Å². The molecule has 4 unspecified atom stereocenters. The topological polar surface area (TPSA) is 24.1 Å². The summed E-state index contributed by atoms with van der Waals surface area (Å²) in [5, 5.41) is 7.76. The van der Waals surface area contributed by atoms with Crippen LogP contribution in [0.3, 0.4) is 0 Å². The molecule has 2 N–H and O–H groups in total. The average Bonchev–Trinajstić information content (AvgIpc) is 2.31. The molecule has 0 aliphatic heterocycles. The van der Waals surface area contributed by atoms with Crippen molar-refractivity contribution in [3.8, 4) is 0 Å². The van der Waals surface area contributed by atoms with E-state index in [4.69, 9.17) is 12.2 Å². The van der Waals surface area contributed by atoms with Crippen LogP contribution in [0, 0.1) is 11.8 Å². The maximum absolute atomic E-state index is 5.41. The van der Waals surface area contributed by atoms with Crippen LogP contribution in [0.2, 0.25) is 0 Å². The molecule has 0 aromatic rings. The average molecular weight is 256 g/mol. The number of rotatable bonds is 4. The second kappa shape index (κ2) is 7.20. The van der Waals surface area contributed by atoms with Crippen LogP contribution in [-0.4, -0.2) is 17.2 Å². The van der Waals surface area contributed by atoms with E-state index >= 15 is 0 Å². The van der Waals surface area contributed by atoms with Crippen LogP contribution in [0.4, 0.5) is 0 Å². The standard InChI is InChI=1S/C14H28N2S/c1-5-11(4)15-14(17)16-13-10(3)8-7-9-12(13)6-2/h10-13H,5-9H2,1-4H3,(H2,15,16,17).